The van der Waals surface area contributed by atoms with Gasteiger partial charge in [0.05, 0.1) is 5.54 Å². The molecule has 0 spiro atoms. The first-order chi connectivity index (χ1) is 9.42. The number of carbonyl (C=O) groups is 1. The summed E-state index contributed by atoms with van der Waals surface area (Å²) in [6.45, 7) is 9.66. The number of rotatable bonds is 6. The molecule has 1 rings (SSSR count). The molecule has 0 heterocycles. The van der Waals surface area contributed by atoms with E-state index in [9.17, 15) is 4.79 Å². The van der Waals surface area contributed by atoms with Crippen LogP contribution >= 0.6 is 11.6 Å². The van der Waals surface area contributed by atoms with E-state index < -0.39 is 5.54 Å². The number of amides is 2. The maximum atomic E-state index is 12.4. The van der Waals surface area contributed by atoms with Crippen LogP contribution < -0.4 is 5.32 Å². The summed E-state index contributed by atoms with van der Waals surface area (Å²) in [6, 6.07) is 7.60. The molecule has 1 aromatic rings. The Balaban J connectivity index is 2.84. The number of hydrogen-bond acceptors (Lipinski definition) is 1. The zero-order chi connectivity index (χ0) is 15.2. The average Bonchev–Trinajstić information content (AvgIpc) is 2.38. The van der Waals surface area contributed by atoms with Crippen LogP contribution in [-0.2, 0) is 5.54 Å². The van der Waals surface area contributed by atoms with Crippen LogP contribution in [0.3, 0.4) is 0 Å². The molecule has 1 N–H and O–H groups in total. The number of nitrogens with zero attached hydrogens (tertiary/aromatic N) is 1. The molecule has 0 atom stereocenters. The number of nitrogens with one attached hydrogen (secondary N) is 1. The molecule has 0 aliphatic heterocycles. The predicted octanol–water partition coefficient (Wildman–Crippen LogP) is 4.41. The van der Waals surface area contributed by atoms with Gasteiger partial charge in [-0.2, -0.15) is 0 Å². The highest BCUT2D eigenvalue weighted by atomic mass is 35.5. The van der Waals surface area contributed by atoms with Crippen LogP contribution in [0.4, 0.5) is 4.79 Å². The van der Waals surface area contributed by atoms with E-state index >= 15 is 0 Å². The van der Waals surface area contributed by atoms with Crippen LogP contribution in [0.25, 0.3) is 0 Å². The fraction of sp³-hybridized carbons (Fsp3) is 0.562. The second-order valence-electron chi connectivity index (χ2n) is 5.52. The first kappa shape index (κ1) is 16.8. The lowest BCUT2D eigenvalue weighted by Gasteiger charge is -2.32. The first-order valence-electron chi connectivity index (χ1n) is 7.24. The molecule has 4 heteroatoms. The molecule has 0 bridgehead atoms. The maximum Gasteiger partial charge on any atom is 0.318 e. The summed E-state index contributed by atoms with van der Waals surface area (Å²) in [4.78, 5) is 14.3. The van der Waals surface area contributed by atoms with E-state index in [2.05, 4.69) is 19.2 Å². The van der Waals surface area contributed by atoms with E-state index in [-0.39, 0.29) is 6.03 Å². The quantitative estimate of drug-likeness (QED) is 0.829. The van der Waals surface area contributed by atoms with E-state index in [1.807, 2.05) is 43.0 Å². The van der Waals surface area contributed by atoms with Crippen molar-refractivity contribution >= 4 is 17.6 Å². The predicted molar refractivity (Wildman–Crippen MR) is 85.2 cm³/mol. The van der Waals surface area contributed by atoms with E-state index in [0.717, 1.165) is 31.5 Å². The Morgan fingerprint density at radius 3 is 2.25 bits per heavy atom. The van der Waals surface area contributed by atoms with Crippen molar-refractivity contribution in [2.24, 2.45) is 0 Å². The van der Waals surface area contributed by atoms with E-state index in [4.69, 9.17) is 11.6 Å². The second kappa shape index (κ2) is 7.53. The van der Waals surface area contributed by atoms with Crippen LogP contribution in [0.1, 0.15) is 46.1 Å². The van der Waals surface area contributed by atoms with Gasteiger partial charge in [0.25, 0.3) is 0 Å². The summed E-state index contributed by atoms with van der Waals surface area (Å²) in [5, 5.41) is 3.76. The minimum absolute atomic E-state index is 0.0291. The summed E-state index contributed by atoms with van der Waals surface area (Å²) in [5.74, 6) is 0. The Kier molecular flexibility index (Phi) is 6.34. The lowest BCUT2D eigenvalue weighted by Crippen LogP contribution is -2.49. The van der Waals surface area contributed by atoms with Crippen LogP contribution in [0.2, 0.25) is 5.02 Å². The van der Waals surface area contributed by atoms with Gasteiger partial charge < -0.3 is 10.2 Å². The Bertz CT molecular complexity index is 440. The second-order valence-corrected chi connectivity index (χ2v) is 5.93. The number of halogens is 1. The normalized spacial score (nSPS) is 11.2. The van der Waals surface area contributed by atoms with Gasteiger partial charge in [0.1, 0.15) is 0 Å². The Morgan fingerprint density at radius 1 is 1.20 bits per heavy atom. The van der Waals surface area contributed by atoms with Crippen molar-refractivity contribution in [1.29, 1.82) is 0 Å². The molecular weight excluding hydrogens is 272 g/mol. The van der Waals surface area contributed by atoms with Gasteiger partial charge in [-0.25, -0.2) is 4.79 Å². The standard InChI is InChI=1S/C16H25ClN2O/c1-5-11-19(12-6-2)15(20)18-16(3,4)13-9-7-8-10-14(13)17/h7-10H,5-6,11-12H2,1-4H3,(H,18,20). The Morgan fingerprint density at radius 2 is 1.75 bits per heavy atom. The van der Waals surface area contributed by atoms with Gasteiger partial charge in [0.15, 0.2) is 0 Å². The molecule has 0 unspecified atom stereocenters. The third-order valence-electron chi connectivity index (χ3n) is 3.24. The fourth-order valence-electron chi connectivity index (χ4n) is 2.24. The Hall–Kier alpha value is -1.22. The molecular formula is C16H25ClN2O. The van der Waals surface area contributed by atoms with E-state index in [1.54, 1.807) is 0 Å². The van der Waals surface area contributed by atoms with Gasteiger partial charge in [-0.15, -0.1) is 0 Å². The van der Waals surface area contributed by atoms with E-state index in [1.165, 1.54) is 0 Å². The third-order valence-corrected chi connectivity index (χ3v) is 3.57. The van der Waals surface area contributed by atoms with Crippen molar-refractivity contribution in [2.45, 2.75) is 46.1 Å². The number of hydrogen-bond donors (Lipinski definition) is 1. The molecule has 0 fully saturated rings. The van der Waals surface area contributed by atoms with Gasteiger partial charge in [0.2, 0.25) is 0 Å². The minimum atomic E-state index is -0.491. The maximum absolute atomic E-state index is 12.4. The van der Waals surface area contributed by atoms with Crippen molar-refractivity contribution in [3.05, 3.63) is 34.9 Å². The zero-order valence-electron chi connectivity index (χ0n) is 12.9. The zero-order valence-corrected chi connectivity index (χ0v) is 13.6. The van der Waals surface area contributed by atoms with Crippen LogP contribution in [0, 0.1) is 0 Å². The van der Waals surface area contributed by atoms with Gasteiger partial charge in [0, 0.05) is 18.1 Å². The summed E-state index contributed by atoms with van der Waals surface area (Å²) in [5.41, 5.74) is 0.442. The topological polar surface area (TPSA) is 32.3 Å². The van der Waals surface area contributed by atoms with Gasteiger partial charge in [-0.3, -0.25) is 0 Å². The molecule has 0 aliphatic carbocycles. The smallest absolute Gasteiger partial charge is 0.318 e. The lowest BCUT2D eigenvalue weighted by atomic mass is 9.94. The van der Waals surface area contributed by atoms with E-state index in [0.29, 0.717) is 5.02 Å². The van der Waals surface area contributed by atoms with Crippen molar-refractivity contribution in [1.82, 2.24) is 10.2 Å². The van der Waals surface area contributed by atoms with Gasteiger partial charge >= 0.3 is 6.03 Å². The highest BCUT2D eigenvalue weighted by molar-refractivity contribution is 6.31. The molecule has 0 saturated heterocycles. The lowest BCUT2D eigenvalue weighted by molar-refractivity contribution is 0.186. The van der Waals surface area contributed by atoms with Crippen molar-refractivity contribution < 1.29 is 4.79 Å². The number of benzene rings is 1. The molecule has 0 saturated carbocycles. The van der Waals surface area contributed by atoms with Crippen LogP contribution in [-0.4, -0.2) is 24.0 Å². The molecule has 0 radical (unpaired) electrons. The first-order valence-corrected chi connectivity index (χ1v) is 7.62. The summed E-state index contributed by atoms with van der Waals surface area (Å²) in [6.07, 6.45) is 1.92. The third kappa shape index (κ3) is 4.41. The summed E-state index contributed by atoms with van der Waals surface area (Å²) in [7, 11) is 0. The molecule has 20 heavy (non-hydrogen) atoms. The van der Waals surface area contributed by atoms with Gasteiger partial charge in [-0.1, -0.05) is 43.6 Å². The molecule has 1 aromatic carbocycles. The number of carbonyl (C=O) groups excluding carboxylic acids is 1. The largest absolute Gasteiger partial charge is 0.329 e. The number of urea groups is 1. The fourth-order valence-corrected chi connectivity index (χ4v) is 2.61. The SMILES string of the molecule is CCCN(CCC)C(=O)NC(C)(C)c1ccccc1Cl. The molecule has 2 amide bonds. The molecule has 112 valence electrons. The monoisotopic (exact) mass is 296 g/mol. The van der Waals surface area contributed by atoms with Gasteiger partial charge in [-0.05, 0) is 38.3 Å². The highest BCUT2D eigenvalue weighted by Crippen LogP contribution is 2.27. The molecule has 0 aliphatic rings. The summed E-state index contributed by atoms with van der Waals surface area (Å²) >= 11 is 6.23. The summed E-state index contributed by atoms with van der Waals surface area (Å²) < 4.78 is 0. The van der Waals surface area contributed by atoms with Crippen LogP contribution in [0.5, 0.6) is 0 Å². The van der Waals surface area contributed by atoms with Crippen LogP contribution in [0.15, 0.2) is 24.3 Å². The van der Waals surface area contributed by atoms with Crippen molar-refractivity contribution in [2.75, 3.05) is 13.1 Å². The molecule has 0 aromatic heterocycles. The van der Waals surface area contributed by atoms with Crippen molar-refractivity contribution in [3.63, 3.8) is 0 Å². The molecule has 3 nitrogen and oxygen atoms in total. The average molecular weight is 297 g/mol. The van der Waals surface area contributed by atoms with Crippen molar-refractivity contribution in [3.8, 4) is 0 Å². The minimum Gasteiger partial charge on any atom is -0.329 e. The Labute approximate surface area is 127 Å². The highest BCUT2D eigenvalue weighted by Gasteiger charge is 2.26.